The maximum Gasteiger partial charge on any atom is 0.341 e. The van der Waals surface area contributed by atoms with Gasteiger partial charge in [-0.25, -0.2) is 14.2 Å². The van der Waals surface area contributed by atoms with Crippen LogP contribution in [0.1, 0.15) is 24.2 Å². The molecule has 3 heterocycles. The number of carboxylic acid groups (broad SMARTS) is 1. The molecule has 4 rings (SSSR count). The van der Waals surface area contributed by atoms with E-state index in [1.165, 1.54) is 41.2 Å². The normalized spacial score (nSPS) is 19.5. The van der Waals surface area contributed by atoms with E-state index >= 15 is 0 Å². The van der Waals surface area contributed by atoms with Gasteiger partial charge in [0.1, 0.15) is 11.4 Å². The molecule has 0 saturated carbocycles. The summed E-state index contributed by atoms with van der Waals surface area (Å²) in [5.41, 5.74) is -0.289. The van der Waals surface area contributed by atoms with Crippen LogP contribution in [-0.4, -0.2) is 50.8 Å². The maximum absolute atomic E-state index is 13.4. The number of hydrogen-bond donors (Lipinski definition) is 2. The van der Waals surface area contributed by atoms with Crippen LogP contribution in [0.25, 0.3) is 16.7 Å². The number of anilines is 1. The SMILES string of the molecule is CC1CN(c2ncc3c(=O)c(C(=O)O)cn(-c4ccc(F)cc4)c3n2)CC(C)N1. The zero-order valence-electron chi connectivity index (χ0n) is 16.0. The molecule has 1 saturated heterocycles. The van der Waals surface area contributed by atoms with Crippen LogP contribution < -0.4 is 15.6 Å². The van der Waals surface area contributed by atoms with Gasteiger partial charge in [0.25, 0.3) is 0 Å². The number of carbonyl (C=O) groups is 1. The van der Waals surface area contributed by atoms with E-state index in [-0.39, 0.29) is 23.1 Å². The van der Waals surface area contributed by atoms with Gasteiger partial charge < -0.3 is 19.9 Å². The van der Waals surface area contributed by atoms with Gasteiger partial charge in [-0.2, -0.15) is 4.98 Å². The number of hydrogen-bond acceptors (Lipinski definition) is 6. The minimum atomic E-state index is -1.35. The van der Waals surface area contributed by atoms with Crippen molar-refractivity contribution in [3.63, 3.8) is 0 Å². The highest BCUT2D eigenvalue weighted by molar-refractivity contribution is 5.92. The van der Waals surface area contributed by atoms with Crippen molar-refractivity contribution in [1.82, 2.24) is 19.9 Å². The third kappa shape index (κ3) is 3.56. The summed E-state index contributed by atoms with van der Waals surface area (Å²) in [4.78, 5) is 35.1. The van der Waals surface area contributed by atoms with Crippen LogP contribution in [-0.2, 0) is 0 Å². The number of benzene rings is 1. The number of aromatic nitrogens is 3. The van der Waals surface area contributed by atoms with E-state index < -0.39 is 22.8 Å². The molecular formula is C20H20FN5O3. The van der Waals surface area contributed by atoms with Crippen molar-refractivity contribution >= 4 is 23.0 Å². The number of fused-ring (bicyclic) bond motifs is 1. The number of aromatic carboxylic acids is 1. The van der Waals surface area contributed by atoms with Crippen molar-refractivity contribution < 1.29 is 14.3 Å². The Morgan fingerprint density at radius 1 is 1.21 bits per heavy atom. The highest BCUT2D eigenvalue weighted by Crippen LogP contribution is 2.20. The van der Waals surface area contributed by atoms with Crippen molar-refractivity contribution in [2.75, 3.05) is 18.0 Å². The fourth-order valence-electron chi connectivity index (χ4n) is 3.69. The number of rotatable bonds is 3. The first-order valence-corrected chi connectivity index (χ1v) is 9.26. The Kier molecular flexibility index (Phi) is 4.75. The van der Waals surface area contributed by atoms with Gasteiger partial charge in [0.05, 0.1) is 5.39 Å². The number of carboxylic acids is 1. The first-order chi connectivity index (χ1) is 13.8. The predicted molar refractivity (Wildman–Crippen MR) is 106 cm³/mol. The van der Waals surface area contributed by atoms with E-state index in [0.29, 0.717) is 24.7 Å². The number of piperazine rings is 1. The molecule has 2 unspecified atom stereocenters. The average molecular weight is 397 g/mol. The van der Waals surface area contributed by atoms with Gasteiger partial charge in [0.2, 0.25) is 11.4 Å². The second kappa shape index (κ2) is 7.25. The molecule has 1 aliphatic heterocycles. The van der Waals surface area contributed by atoms with E-state index in [0.717, 1.165) is 0 Å². The molecule has 1 fully saturated rings. The zero-order chi connectivity index (χ0) is 20.7. The molecule has 0 bridgehead atoms. The summed E-state index contributed by atoms with van der Waals surface area (Å²) in [6.45, 7) is 5.53. The van der Waals surface area contributed by atoms with Gasteiger partial charge in [-0.3, -0.25) is 4.79 Å². The van der Waals surface area contributed by atoms with Crippen LogP contribution in [0.2, 0.25) is 0 Å². The molecule has 29 heavy (non-hydrogen) atoms. The van der Waals surface area contributed by atoms with E-state index in [9.17, 15) is 19.1 Å². The van der Waals surface area contributed by atoms with Crippen LogP contribution in [0.3, 0.4) is 0 Å². The van der Waals surface area contributed by atoms with E-state index in [1.807, 2.05) is 4.90 Å². The molecule has 1 aliphatic rings. The monoisotopic (exact) mass is 397 g/mol. The summed E-state index contributed by atoms with van der Waals surface area (Å²) < 4.78 is 14.9. The smallest absolute Gasteiger partial charge is 0.341 e. The van der Waals surface area contributed by atoms with Crippen molar-refractivity contribution in [1.29, 1.82) is 0 Å². The van der Waals surface area contributed by atoms with Gasteiger partial charge in [-0.1, -0.05) is 0 Å². The zero-order valence-corrected chi connectivity index (χ0v) is 16.0. The van der Waals surface area contributed by atoms with Gasteiger partial charge in [-0.15, -0.1) is 0 Å². The van der Waals surface area contributed by atoms with E-state index in [4.69, 9.17) is 0 Å². The Labute approximate surface area is 165 Å². The molecule has 3 aromatic rings. The third-order valence-electron chi connectivity index (χ3n) is 4.91. The number of nitrogens with zero attached hydrogens (tertiary/aromatic N) is 4. The Bertz CT molecular complexity index is 1140. The number of nitrogens with one attached hydrogen (secondary N) is 1. The summed E-state index contributed by atoms with van der Waals surface area (Å²) >= 11 is 0. The first-order valence-electron chi connectivity index (χ1n) is 9.26. The largest absolute Gasteiger partial charge is 0.477 e. The fourth-order valence-corrected chi connectivity index (χ4v) is 3.69. The number of halogens is 1. The molecule has 2 aromatic heterocycles. The molecule has 0 aliphatic carbocycles. The Hall–Kier alpha value is -3.33. The van der Waals surface area contributed by atoms with Crippen LogP contribution in [0.15, 0.2) is 41.5 Å². The van der Waals surface area contributed by atoms with Gasteiger partial charge in [0.15, 0.2) is 5.65 Å². The standard InChI is InChI=1S/C20H20FN5O3/c1-11-8-25(9-12(2)23-11)20-22-7-15-17(27)16(19(28)29)10-26(18(15)24-20)14-5-3-13(21)4-6-14/h3-7,10-12,23H,8-9H2,1-2H3,(H,28,29). The highest BCUT2D eigenvalue weighted by atomic mass is 19.1. The topological polar surface area (TPSA) is 100 Å². The minimum absolute atomic E-state index is 0.0919. The van der Waals surface area contributed by atoms with Crippen molar-refractivity contribution in [2.45, 2.75) is 25.9 Å². The van der Waals surface area contributed by atoms with Gasteiger partial charge in [0, 0.05) is 43.3 Å². The Balaban J connectivity index is 1.93. The maximum atomic E-state index is 13.4. The second-order valence-corrected chi connectivity index (χ2v) is 7.30. The lowest BCUT2D eigenvalue weighted by Crippen LogP contribution is -2.54. The molecular weight excluding hydrogens is 377 g/mol. The Morgan fingerprint density at radius 2 is 1.86 bits per heavy atom. The number of pyridine rings is 1. The first kappa shape index (κ1) is 19.0. The summed E-state index contributed by atoms with van der Waals surface area (Å²) in [6.07, 6.45) is 2.59. The lowest BCUT2D eigenvalue weighted by atomic mass is 10.1. The van der Waals surface area contributed by atoms with Crippen molar-refractivity contribution in [2.24, 2.45) is 0 Å². The quantitative estimate of drug-likeness (QED) is 0.695. The lowest BCUT2D eigenvalue weighted by molar-refractivity contribution is 0.0695. The summed E-state index contributed by atoms with van der Waals surface area (Å²) in [5, 5.41) is 13.0. The highest BCUT2D eigenvalue weighted by Gasteiger charge is 2.24. The fraction of sp³-hybridized carbons (Fsp3) is 0.300. The van der Waals surface area contributed by atoms with Crippen LogP contribution in [0, 0.1) is 5.82 Å². The van der Waals surface area contributed by atoms with E-state index in [1.54, 1.807) is 0 Å². The van der Waals surface area contributed by atoms with Crippen molar-refractivity contribution in [3.05, 3.63) is 58.3 Å². The molecule has 2 atom stereocenters. The molecule has 0 radical (unpaired) electrons. The van der Waals surface area contributed by atoms with Crippen LogP contribution >= 0.6 is 0 Å². The molecule has 0 spiro atoms. The third-order valence-corrected chi connectivity index (χ3v) is 4.91. The molecule has 8 nitrogen and oxygen atoms in total. The lowest BCUT2D eigenvalue weighted by Gasteiger charge is -2.36. The van der Waals surface area contributed by atoms with Gasteiger partial charge in [-0.05, 0) is 38.1 Å². The molecule has 1 aromatic carbocycles. The van der Waals surface area contributed by atoms with Crippen LogP contribution in [0.5, 0.6) is 0 Å². The molecule has 9 heteroatoms. The second-order valence-electron chi connectivity index (χ2n) is 7.30. The van der Waals surface area contributed by atoms with Gasteiger partial charge >= 0.3 is 5.97 Å². The molecule has 150 valence electrons. The summed E-state index contributed by atoms with van der Waals surface area (Å²) in [6, 6.07) is 6.02. The average Bonchev–Trinajstić information content (AvgIpc) is 2.68. The minimum Gasteiger partial charge on any atom is -0.477 e. The van der Waals surface area contributed by atoms with Crippen molar-refractivity contribution in [3.8, 4) is 5.69 Å². The molecule has 0 amide bonds. The predicted octanol–water partition coefficient (Wildman–Crippen LogP) is 1.80. The summed E-state index contributed by atoms with van der Waals surface area (Å²) in [5.74, 6) is -1.31. The van der Waals surface area contributed by atoms with E-state index in [2.05, 4.69) is 29.1 Å². The Morgan fingerprint density at radius 3 is 2.48 bits per heavy atom. The molecule has 2 N–H and O–H groups in total. The van der Waals surface area contributed by atoms with Crippen LogP contribution in [0.4, 0.5) is 10.3 Å². The summed E-state index contributed by atoms with van der Waals surface area (Å²) in [7, 11) is 0.